The second kappa shape index (κ2) is 42.6. The van der Waals surface area contributed by atoms with Gasteiger partial charge in [0.1, 0.15) is 6.29 Å². The van der Waals surface area contributed by atoms with Crippen molar-refractivity contribution < 1.29 is 13.9 Å². The van der Waals surface area contributed by atoms with Gasteiger partial charge in [-0.1, -0.05) is 194 Å². The molecular formula is C42H88O3SSi. The van der Waals surface area contributed by atoms with Crippen LogP contribution in [0.5, 0.6) is 0 Å². The monoisotopic (exact) mass is 701 g/mol. The third-order valence-corrected chi connectivity index (χ3v) is 11.3. The molecule has 0 saturated heterocycles. The lowest BCUT2D eigenvalue weighted by molar-refractivity contribution is -0.0862. The first-order valence-electron chi connectivity index (χ1n) is 21.7. The van der Waals surface area contributed by atoms with Crippen molar-refractivity contribution in [3.63, 3.8) is 0 Å². The van der Waals surface area contributed by atoms with Crippen molar-refractivity contribution in [2.45, 2.75) is 250 Å². The third kappa shape index (κ3) is 42.5. The van der Waals surface area contributed by atoms with Crippen LogP contribution in [-0.4, -0.2) is 41.1 Å². The average molecular weight is 701 g/mol. The molecule has 0 saturated carbocycles. The predicted molar refractivity (Wildman–Crippen MR) is 217 cm³/mol. The minimum atomic E-state index is -0.493. The Bertz CT molecular complexity index is 550. The Morgan fingerprint density at radius 3 is 1.15 bits per heavy atom. The smallest absolute Gasteiger partial charge is 0.165 e. The SMILES string of the molecule is CCCCCCCCCCCCOCCCCCCCCCCCCCC(OCCCCCCCCCCCC)O[SiH2]CCC(C)S. The first-order chi connectivity index (χ1) is 23.2. The molecule has 5 heteroatoms. The Labute approximate surface area is 305 Å². The van der Waals surface area contributed by atoms with Crippen molar-refractivity contribution in [2.24, 2.45) is 0 Å². The fraction of sp³-hybridized carbons (Fsp3) is 1.00. The zero-order chi connectivity index (χ0) is 34.1. The van der Waals surface area contributed by atoms with Gasteiger partial charge in [0.15, 0.2) is 9.76 Å². The average Bonchev–Trinajstić information content (AvgIpc) is 3.07. The standard InChI is InChI=1S/C42H88O3SSi/c1-4-6-8-10-12-14-20-24-28-32-37-43-38-33-29-25-21-18-16-17-19-23-27-31-35-42(45-47-40-36-41(3)46)44-39-34-30-26-22-15-13-11-9-7-5-2/h41-42,46H,4-40,47H2,1-3H3. The van der Waals surface area contributed by atoms with Crippen LogP contribution < -0.4 is 0 Å². The van der Waals surface area contributed by atoms with Crippen LogP contribution in [-0.2, 0) is 13.9 Å². The molecule has 0 aliphatic heterocycles. The van der Waals surface area contributed by atoms with Crippen molar-refractivity contribution in [1.82, 2.24) is 0 Å². The lowest BCUT2D eigenvalue weighted by Crippen LogP contribution is -2.20. The summed E-state index contributed by atoms with van der Waals surface area (Å²) in [5.74, 6) is 0. The van der Waals surface area contributed by atoms with E-state index in [2.05, 4.69) is 33.4 Å². The Balaban J connectivity index is 3.56. The molecule has 47 heavy (non-hydrogen) atoms. The van der Waals surface area contributed by atoms with Crippen molar-refractivity contribution in [1.29, 1.82) is 0 Å². The molecule has 0 N–H and O–H groups in total. The van der Waals surface area contributed by atoms with E-state index in [9.17, 15) is 0 Å². The number of unbranched alkanes of at least 4 members (excludes halogenated alkanes) is 28. The highest BCUT2D eigenvalue weighted by molar-refractivity contribution is 7.80. The molecule has 2 unspecified atom stereocenters. The summed E-state index contributed by atoms with van der Waals surface area (Å²) in [5.41, 5.74) is 0. The molecule has 3 nitrogen and oxygen atoms in total. The summed E-state index contributed by atoms with van der Waals surface area (Å²) in [6.45, 7) is 9.62. The molecule has 0 aromatic carbocycles. The van der Waals surface area contributed by atoms with Gasteiger partial charge in [0.2, 0.25) is 0 Å². The van der Waals surface area contributed by atoms with Crippen LogP contribution in [0, 0.1) is 0 Å². The zero-order valence-electron chi connectivity index (χ0n) is 32.7. The van der Waals surface area contributed by atoms with Crippen LogP contribution in [0.4, 0.5) is 0 Å². The van der Waals surface area contributed by atoms with Crippen LogP contribution in [0.1, 0.15) is 233 Å². The summed E-state index contributed by atoms with van der Waals surface area (Å²) >= 11 is 4.54. The first-order valence-corrected chi connectivity index (χ1v) is 23.8. The van der Waals surface area contributed by atoms with Gasteiger partial charge in [-0.2, -0.15) is 12.6 Å². The van der Waals surface area contributed by atoms with Gasteiger partial charge in [-0.3, -0.25) is 0 Å². The lowest BCUT2D eigenvalue weighted by Gasteiger charge is -2.19. The summed E-state index contributed by atoms with van der Waals surface area (Å²) in [5, 5.41) is 0.487. The van der Waals surface area contributed by atoms with E-state index in [-0.39, 0.29) is 6.29 Å². The number of thiol groups is 1. The topological polar surface area (TPSA) is 27.7 Å². The van der Waals surface area contributed by atoms with E-state index >= 15 is 0 Å². The summed E-state index contributed by atoms with van der Waals surface area (Å²) in [7, 11) is -0.493. The van der Waals surface area contributed by atoms with Gasteiger partial charge >= 0.3 is 0 Å². The minimum absolute atomic E-state index is 0.0561. The van der Waals surface area contributed by atoms with Gasteiger partial charge in [0, 0.05) is 19.8 Å². The summed E-state index contributed by atoms with van der Waals surface area (Å²) in [4.78, 5) is 0. The molecule has 0 spiro atoms. The second-order valence-corrected chi connectivity index (χ2v) is 17.1. The van der Waals surface area contributed by atoms with Crippen molar-refractivity contribution in [3.8, 4) is 0 Å². The summed E-state index contributed by atoms with van der Waals surface area (Å²) < 4.78 is 18.5. The fourth-order valence-corrected chi connectivity index (χ4v) is 8.51. The van der Waals surface area contributed by atoms with Gasteiger partial charge < -0.3 is 13.9 Å². The Morgan fingerprint density at radius 1 is 0.426 bits per heavy atom. The number of hydrogen-bond acceptors (Lipinski definition) is 4. The highest BCUT2D eigenvalue weighted by Gasteiger charge is 2.10. The predicted octanol–water partition coefficient (Wildman–Crippen LogP) is 14.1. The minimum Gasteiger partial charge on any atom is -0.400 e. The quantitative estimate of drug-likeness (QED) is 0.0297. The number of ether oxygens (including phenoxy) is 2. The maximum absolute atomic E-state index is 6.31. The normalized spacial score (nSPS) is 13.3. The molecule has 0 rings (SSSR count). The molecule has 0 bridgehead atoms. The molecule has 0 amide bonds. The molecule has 0 heterocycles. The molecule has 2 atom stereocenters. The highest BCUT2D eigenvalue weighted by Crippen LogP contribution is 2.16. The Kier molecular flexibility index (Phi) is 43.0. The maximum atomic E-state index is 6.31. The number of hydrogen-bond donors (Lipinski definition) is 1. The van der Waals surface area contributed by atoms with Crippen LogP contribution in [0.3, 0.4) is 0 Å². The van der Waals surface area contributed by atoms with Gasteiger partial charge in [0.05, 0.1) is 0 Å². The van der Waals surface area contributed by atoms with Crippen molar-refractivity contribution in [2.75, 3.05) is 19.8 Å². The van der Waals surface area contributed by atoms with Gasteiger partial charge in [-0.25, -0.2) is 0 Å². The van der Waals surface area contributed by atoms with Gasteiger partial charge in [-0.05, 0) is 49.8 Å². The van der Waals surface area contributed by atoms with E-state index in [1.54, 1.807) is 0 Å². The molecule has 0 aromatic rings. The van der Waals surface area contributed by atoms with Crippen molar-refractivity contribution >= 4 is 22.4 Å². The lowest BCUT2D eigenvalue weighted by atomic mass is 10.1. The van der Waals surface area contributed by atoms with E-state index < -0.39 is 9.76 Å². The Hall–Kier alpha value is 0.447. The van der Waals surface area contributed by atoms with Gasteiger partial charge in [-0.15, -0.1) is 0 Å². The molecule has 0 fully saturated rings. The summed E-state index contributed by atoms with van der Waals surface area (Å²) in [6, 6.07) is 1.22. The van der Waals surface area contributed by atoms with Gasteiger partial charge in [0.25, 0.3) is 0 Å². The van der Waals surface area contributed by atoms with Crippen LogP contribution in [0.15, 0.2) is 0 Å². The number of rotatable bonds is 42. The zero-order valence-corrected chi connectivity index (χ0v) is 35.0. The molecular weight excluding hydrogens is 613 g/mol. The second-order valence-electron chi connectivity index (χ2n) is 14.8. The maximum Gasteiger partial charge on any atom is 0.165 e. The Morgan fingerprint density at radius 2 is 0.766 bits per heavy atom. The molecule has 0 radical (unpaired) electrons. The van der Waals surface area contributed by atoms with Crippen molar-refractivity contribution in [3.05, 3.63) is 0 Å². The van der Waals surface area contributed by atoms with Crippen LogP contribution >= 0.6 is 12.6 Å². The van der Waals surface area contributed by atoms with Crippen LogP contribution in [0.2, 0.25) is 6.04 Å². The largest absolute Gasteiger partial charge is 0.400 e. The van der Waals surface area contributed by atoms with E-state index in [0.717, 1.165) is 26.2 Å². The fourth-order valence-electron chi connectivity index (χ4n) is 6.51. The molecule has 0 aliphatic rings. The first kappa shape index (κ1) is 47.4. The molecule has 284 valence electrons. The van der Waals surface area contributed by atoms with E-state index in [4.69, 9.17) is 13.9 Å². The van der Waals surface area contributed by atoms with E-state index in [1.807, 2.05) is 0 Å². The molecule has 0 aromatic heterocycles. The van der Waals surface area contributed by atoms with Crippen LogP contribution in [0.25, 0.3) is 0 Å². The van der Waals surface area contributed by atoms with E-state index in [1.165, 1.54) is 212 Å². The van der Waals surface area contributed by atoms with E-state index in [0.29, 0.717) is 5.25 Å². The highest BCUT2D eigenvalue weighted by atomic mass is 32.1. The summed E-state index contributed by atoms with van der Waals surface area (Å²) in [6.07, 6.45) is 45.0. The molecule has 0 aliphatic carbocycles. The third-order valence-electron chi connectivity index (χ3n) is 9.74.